The summed E-state index contributed by atoms with van der Waals surface area (Å²) in [6, 6.07) is 12.7. The Hall–Kier alpha value is -4.41. The van der Waals surface area contributed by atoms with E-state index in [1.165, 1.54) is 6.07 Å². The van der Waals surface area contributed by atoms with E-state index in [4.69, 9.17) is 15.6 Å². The van der Waals surface area contributed by atoms with Crippen molar-refractivity contribution >= 4 is 28.5 Å². The van der Waals surface area contributed by atoms with E-state index in [1.54, 1.807) is 24.3 Å². The second kappa shape index (κ2) is 8.02. The molecule has 2 aromatic heterocycles. The normalized spacial score (nSPS) is 11.3. The van der Waals surface area contributed by atoms with Gasteiger partial charge in [-0.15, -0.1) is 0 Å². The van der Waals surface area contributed by atoms with Gasteiger partial charge in [0.1, 0.15) is 17.7 Å². The molecule has 0 atom stereocenters. The third kappa shape index (κ3) is 4.36. The molecule has 0 radical (unpaired) electrons. The van der Waals surface area contributed by atoms with E-state index in [-0.39, 0.29) is 22.8 Å². The number of benzene rings is 2. The number of ether oxygens (including phenoxy) is 1. The first-order valence-electron chi connectivity index (χ1n) is 9.07. The maximum absolute atomic E-state index is 13.1. The van der Waals surface area contributed by atoms with E-state index >= 15 is 0 Å². The minimum absolute atomic E-state index is 0.0768. The molecule has 4 aromatic rings. The third-order valence-corrected chi connectivity index (χ3v) is 4.43. The van der Waals surface area contributed by atoms with Crippen LogP contribution in [0, 0.1) is 0 Å². The first-order chi connectivity index (χ1) is 15.2. The molecular weight excluding hydrogens is 427 g/mol. The highest BCUT2D eigenvalue weighted by Crippen LogP contribution is 2.36. The molecule has 0 aliphatic rings. The van der Waals surface area contributed by atoms with Gasteiger partial charge in [0.2, 0.25) is 5.88 Å². The van der Waals surface area contributed by atoms with Gasteiger partial charge in [0, 0.05) is 17.0 Å². The van der Waals surface area contributed by atoms with Crippen molar-refractivity contribution in [2.24, 2.45) is 0 Å². The van der Waals surface area contributed by atoms with Crippen LogP contribution in [0.1, 0.15) is 5.56 Å². The molecule has 0 bridgehead atoms. The summed E-state index contributed by atoms with van der Waals surface area (Å²) in [5.74, 6) is 0.731. The van der Waals surface area contributed by atoms with Crippen LogP contribution in [0.5, 0.6) is 11.6 Å². The number of aromatic nitrogens is 3. The van der Waals surface area contributed by atoms with E-state index in [1.807, 2.05) is 11.4 Å². The van der Waals surface area contributed by atoms with Crippen molar-refractivity contribution in [1.29, 1.82) is 0 Å². The Morgan fingerprint density at radius 2 is 1.88 bits per heavy atom. The second-order valence-electron chi connectivity index (χ2n) is 6.60. The van der Waals surface area contributed by atoms with Crippen molar-refractivity contribution in [3.05, 3.63) is 66.5 Å². The summed E-state index contributed by atoms with van der Waals surface area (Å²) in [5, 5.41) is 11.8. The van der Waals surface area contributed by atoms with Gasteiger partial charge < -0.3 is 15.6 Å². The average Bonchev–Trinajstić information content (AvgIpc) is 2.73. The van der Waals surface area contributed by atoms with Crippen molar-refractivity contribution in [3.8, 4) is 22.9 Å². The highest BCUT2D eigenvalue weighted by molar-refractivity contribution is 5.90. The van der Waals surface area contributed by atoms with Crippen molar-refractivity contribution < 1.29 is 27.8 Å². The number of halogens is 3. The molecular formula is C21H14F3N5O3. The van der Waals surface area contributed by atoms with Gasteiger partial charge in [0.25, 0.3) is 0 Å². The number of nitrogens with two attached hydrogens (primary N) is 1. The monoisotopic (exact) mass is 441 g/mol. The summed E-state index contributed by atoms with van der Waals surface area (Å²) in [5.41, 5.74) is 5.24. The first-order valence-corrected chi connectivity index (χ1v) is 9.07. The number of hydrogen-bond donors (Lipinski definition) is 3. The number of nitrogens with one attached hydrogen (secondary N) is 1. The van der Waals surface area contributed by atoms with Crippen LogP contribution in [-0.2, 0) is 6.18 Å². The Balaban J connectivity index is 1.74. The average molecular weight is 441 g/mol. The standard InChI is InChI=1S/C21H14F3N5O3/c22-21(23,24)12-5-6-13(15(8-12)28-20(30)31)14-9-18(27-10-26-14)32-16-3-1-2-11-4-7-17(25)29-19(11)16/h1-10,28H,(H2,25,29)(H,30,31). The molecule has 0 spiro atoms. The Bertz CT molecular complexity index is 1330. The quantitative estimate of drug-likeness (QED) is 0.399. The van der Waals surface area contributed by atoms with Crippen molar-refractivity contribution in [3.63, 3.8) is 0 Å². The maximum atomic E-state index is 13.1. The smallest absolute Gasteiger partial charge is 0.416 e. The number of fused-ring (bicyclic) bond motifs is 1. The largest absolute Gasteiger partial charge is 0.465 e. The molecule has 11 heteroatoms. The maximum Gasteiger partial charge on any atom is 0.416 e. The van der Waals surface area contributed by atoms with Gasteiger partial charge in [0.15, 0.2) is 5.75 Å². The fourth-order valence-electron chi connectivity index (χ4n) is 3.04. The number of carboxylic acid groups (broad SMARTS) is 1. The summed E-state index contributed by atoms with van der Waals surface area (Å²) < 4.78 is 45.0. The van der Waals surface area contributed by atoms with E-state index in [0.29, 0.717) is 23.2 Å². The Labute approximate surface area is 178 Å². The van der Waals surface area contributed by atoms with Crippen LogP contribution in [0.2, 0.25) is 0 Å². The van der Waals surface area contributed by atoms with Gasteiger partial charge in [-0.3, -0.25) is 5.32 Å². The molecule has 2 heterocycles. The zero-order valence-corrected chi connectivity index (χ0v) is 16.1. The summed E-state index contributed by atoms with van der Waals surface area (Å²) in [6.45, 7) is 0. The molecule has 0 unspecified atom stereocenters. The molecule has 8 nitrogen and oxygen atoms in total. The molecule has 0 aliphatic carbocycles. The summed E-state index contributed by atoms with van der Waals surface area (Å²) in [4.78, 5) is 23.4. The van der Waals surface area contributed by atoms with Crippen LogP contribution in [0.3, 0.4) is 0 Å². The minimum atomic E-state index is -4.64. The summed E-state index contributed by atoms with van der Waals surface area (Å²) >= 11 is 0. The minimum Gasteiger partial charge on any atom is -0.465 e. The molecule has 0 saturated carbocycles. The molecule has 4 rings (SSSR count). The summed E-state index contributed by atoms with van der Waals surface area (Å²) in [7, 11) is 0. The van der Waals surface area contributed by atoms with Gasteiger partial charge in [-0.05, 0) is 30.3 Å². The first kappa shape index (κ1) is 20.8. The van der Waals surface area contributed by atoms with Gasteiger partial charge in [-0.25, -0.2) is 19.7 Å². The zero-order chi connectivity index (χ0) is 22.9. The van der Waals surface area contributed by atoms with Crippen molar-refractivity contribution in [2.75, 3.05) is 11.1 Å². The van der Waals surface area contributed by atoms with E-state index in [0.717, 1.165) is 23.8 Å². The predicted molar refractivity (Wildman–Crippen MR) is 110 cm³/mol. The summed E-state index contributed by atoms with van der Waals surface area (Å²) in [6.07, 6.45) is -5.01. The molecule has 0 fully saturated rings. The van der Waals surface area contributed by atoms with Crippen molar-refractivity contribution in [2.45, 2.75) is 6.18 Å². The van der Waals surface area contributed by atoms with Gasteiger partial charge in [0.05, 0.1) is 16.9 Å². The number of anilines is 2. The molecule has 2 aromatic carbocycles. The number of nitrogen functional groups attached to an aromatic ring is 1. The zero-order valence-electron chi connectivity index (χ0n) is 16.1. The van der Waals surface area contributed by atoms with Crippen LogP contribution >= 0.6 is 0 Å². The number of carbonyl (C=O) groups is 1. The fourth-order valence-corrected chi connectivity index (χ4v) is 3.04. The number of rotatable bonds is 4. The molecule has 0 saturated heterocycles. The van der Waals surface area contributed by atoms with E-state index in [2.05, 4.69) is 15.0 Å². The number of alkyl halides is 3. The molecule has 1 amide bonds. The SMILES string of the molecule is Nc1ccc2cccc(Oc3cc(-c4ccc(C(F)(F)F)cc4NC(=O)O)ncn3)c2n1. The molecule has 4 N–H and O–H groups in total. The number of para-hydroxylation sites is 1. The highest BCUT2D eigenvalue weighted by atomic mass is 19.4. The lowest BCUT2D eigenvalue weighted by Gasteiger charge is -2.14. The van der Waals surface area contributed by atoms with E-state index < -0.39 is 17.8 Å². The van der Waals surface area contributed by atoms with Crippen LogP contribution in [0.4, 0.5) is 29.5 Å². The Kier molecular flexibility index (Phi) is 5.23. The lowest BCUT2D eigenvalue weighted by molar-refractivity contribution is -0.137. The fraction of sp³-hybridized carbons (Fsp3) is 0.0476. The number of hydrogen-bond acceptors (Lipinski definition) is 6. The predicted octanol–water partition coefficient (Wildman–Crippen LogP) is 5.18. The lowest BCUT2D eigenvalue weighted by Crippen LogP contribution is -2.11. The number of nitrogens with zero attached hydrogens (tertiary/aromatic N) is 3. The Morgan fingerprint density at radius 1 is 1.06 bits per heavy atom. The van der Waals surface area contributed by atoms with Gasteiger partial charge in [-0.2, -0.15) is 13.2 Å². The molecule has 162 valence electrons. The van der Waals surface area contributed by atoms with Gasteiger partial charge >= 0.3 is 12.3 Å². The van der Waals surface area contributed by atoms with Crippen LogP contribution in [0.15, 0.2) is 60.9 Å². The lowest BCUT2D eigenvalue weighted by atomic mass is 10.1. The van der Waals surface area contributed by atoms with Gasteiger partial charge in [-0.1, -0.05) is 18.2 Å². The van der Waals surface area contributed by atoms with Crippen LogP contribution < -0.4 is 15.8 Å². The van der Waals surface area contributed by atoms with Crippen molar-refractivity contribution in [1.82, 2.24) is 15.0 Å². The second-order valence-corrected chi connectivity index (χ2v) is 6.60. The van der Waals surface area contributed by atoms with E-state index in [9.17, 15) is 18.0 Å². The Morgan fingerprint density at radius 3 is 2.62 bits per heavy atom. The topological polar surface area (TPSA) is 123 Å². The number of amides is 1. The third-order valence-electron chi connectivity index (χ3n) is 4.43. The molecule has 32 heavy (non-hydrogen) atoms. The number of pyridine rings is 1. The molecule has 0 aliphatic heterocycles. The van der Waals surface area contributed by atoms with Crippen LogP contribution in [-0.4, -0.2) is 26.2 Å². The van der Waals surface area contributed by atoms with Crippen LogP contribution in [0.25, 0.3) is 22.2 Å². The highest BCUT2D eigenvalue weighted by Gasteiger charge is 2.31.